The number of ether oxygens (including phenoxy) is 1. The van der Waals surface area contributed by atoms with E-state index >= 15 is 0 Å². The Balaban J connectivity index is 1.10. The second-order valence-corrected chi connectivity index (χ2v) is 9.81. The summed E-state index contributed by atoms with van der Waals surface area (Å²) in [4.78, 5) is 39.9. The maximum absolute atomic E-state index is 13.0. The van der Waals surface area contributed by atoms with Crippen molar-refractivity contribution in [1.82, 2.24) is 4.90 Å². The highest BCUT2D eigenvalue weighted by molar-refractivity contribution is 6.09. The summed E-state index contributed by atoms with van der Waals surface area (Å²) in [6.45, 7) is 3.76. The molecule has 1 saturated heterocycles. The average Bonchev–Trinajstić information content (AvgIpc) is 3.59. The molecule has 6 nitrogen and oxygen atoms in total. The molecule has 2 aromatic rings. The SMILES string of the molecule is Cc1cccc(C)c1Oc1ccc(NC(=O)CN2C(=O)[C@@H]3[C@@H]4C=C[C@H]([C@@H]5C[C@H]45)[C@H]3C2=O)cc1. The Kier molecular flexibility index (Phi) is 4.47. The van der Waals surface area contributed by atoms with Crippen LogP contribution in [0, 0.1) is 49.4 Å². The number of nitrogens with one attached hydrogen (secondary N) is 1. The lowest BCUT2D eigenvalue weighted by Crippen LogP contribution is -2.40. The molecule has 0 radical (unpaired) electrons. The van der Waals surface area contributed by atoms with Crippen LogP contribution in [0.4, 0.5) is 5.69 Å². The van der Waals surface area contributed by atoms with E-state index in [9.17, 15) is 14.4 Å². The third kappa shape index (κ3) is 3.19. The van der Waals surface area contributed by atoms with Gasteiger partial charge in [0.25, 0.3) is 0 Å². The average molecular weight is 443 g/mol. The third-order valence-corrected chi connectivity index (χ3v) is 7.82. The summed E-state index contributed by atoms with van der Waals surface area (Å²) in [6.07, 6.45) is 5.40. The molecule has 2 saturated carbocycles. The smallest absolute Gasteiger partial charge is 0.244 e. The van der Waals surface area contributed by atoms with Crippen LogP contribution < -0.4 is 10.1 Å². The Bertz CT molecular complexity index is 1140. The lowest BCUT2D eigenvalue weighted by atomic mass is 9.63. The van der Waals surface area contributed by atoms with Gasteiger partial charge in [0.1, 0.15) is 18.0 Å². The number of amides is 3. The van der Waals surface area contributed by atoms with Crippen molar-refractivity contribution in [3.63, 3.8) is 0 Å². The minimum absolute atomic E-state index is 0.166. The summed E-state index contributed by atoms with van der Waals surface area (Å²) in [5.41, 5.74) is 2.69. The number of aryl methyl sites for hydroxylation is 2. The van der Waals surface area contributed by atoms with Crippen LogP contribution in [0.3, 0.4) is 0 Å². The molecule has 5 aliphatic rings. The Morgan fingerprint density at radius 2 is 1.52 bits per heavy atom. The van der Waals surface area contributed by atoms with E-state index in [1.165, 1.54) is 4.90 Å². The molecule has 33 heavy (non-hydrogen) atoms. The van der Waals surface area contributed by atoms with Gasteiger partial charge in [-0.1, -0.05) is 30.4 Å². The van der Waals surface area contributed by atoms with Gasteiger partial charge < -0.3 is 10.1 Å². The summed E-state index contributed by atoms with van der Waals surface area (Å²) in [6, 6.07) is 13.1. The first kappa shape index (κ1) is 20.2. The molecule has 0 spiro atoms. The van der Waals surface area contributed by atoms with Crippen LogP contribution >= 0.6 is 0 Å². The molecule has 2 aromatic carbocycles. The summed E-state index contributed by atoms with van der Waals surface area (Å²) >= 11 is 0. The number of allylic oxidation sites excluding steroid dienone is 2. The molecule has 3 fully saturated rings. The van der Waals surface area contributed by atoms with Crippen LogP contribution in [0.15, 0.2) is 54.6 Å². The molecule has 7 rings (SSSR count). The van der Waals surface area contributed by atoms with Crippen LogP contribution in [0.2, 0.25) is 0 Å². The first-order valence-corrected chi connectivity index (χ1v) is 11.6. The highest BCUT2D eigenvalue weighted by Gasteiger charge is 2.67. The predicted molar refractivity (Wildman–Crippen MR) is 122 cm³/mol. The number of likely N-dealkylation sites (tertiary alicyclic amines) is 1. The van der Waals surface area contributed by atoms with Crippen molar-refractivity contribution in [2.24, 2.45) is 35.5 Å². The molecule has 6 atom stereocenters. The van der Waals surface area contributed by atoms with Gasteiger partial charge in [-0.2, -0.15) is 0 Å². The molecule has 4 aliphatic carbocycles. The standard InChI is InChI=1S/C27H26N2O4/c1-14-4-3-5-15(2)25(14)33-17-8-6-16(7-9-17)28-22(30)13-29-26(31)23-18-10-11-19(21-12-20(18)21)24(23)27(29)32/h3-11,18-21,23-24H,12-13H2,1-2H3,(H,28,30)/t18-,19-,20-,21+,23-,24-/m1/s1. The zero-order chi connectivity index (χ0) is 22.9. The second kappa shape index (κ2) is 7.30. The van der Waals surface area contributed by atoms with E-state index in [-0.39, 0.29) is 47.9 Å². The maximum Gasteiger partial charge on any atom is 0.244 e. The number of rotatable bonds is 5. The Hall–Kier alpha value is -3.41. The van der Waals surface area contributed by atoms with Crippen LogP contribution in [0.1, 0.15) is 17.5 Å². The van der Waals surface area contributed by atoms with Crippen molar-refractivity contribution in [3.05, 3.63) is 65.7 Å². The molecule has 6 heteroatoms. The molecule has 1 aliphatic heterocycles. The van der Waals surface area contributed by atoms with Crippen molar-refractivity contribution in [3.8, 4) is 11.5 Å². The third-order valence-electron chi connectivity index (χ3n) is 7.82. The van der Waals surface area contributed by atoms with Gasteiger partial charge in [-0.15, -0.1) is 0 Å². The number of para-hydroxylation sites is 1. The van der Waals surface area contributed by atoms with Gasteiger partial charge in [0, 0.05) is 5.69 Å². The Morgan fingerprint density at radius 3 is 2.09 bits per heavy atom. The first-order valence-electron chi connectivity index (χ1n) is 11.6. The second-order valence-electron chi connectivity index (χ2n) is 9.81. The van der Waals surface area contributed by atoms with Gasteiger partial charge in [0.15, 0.2) is 0 Å². The zero-order valence-corrected chi connectivity index (χ0v) is 18.7. The normalized spacial score (nSPS) is 30.8. The van der Waals surface area contributed by atoms with E-state index in [1.807, 2.05) is 32.0 Å². The molecule has 1 heterocycles. The number of carbonyl (C=O) groups is 3. The van der Waals surface area contributed by atoms with Gasteiger partial charge >= 0.3 is 0 Å². The lowest BCUT2D eigenvalue weighted by Gasteiger charge is -2.37. The number of hydrogen-bond acceptors (Lipinski definition) is 4. The number of nitrogens with zero attached hydrogens (tertiary/aromatic N) is 1. The first-order chi connectivity index (χ1) is 15.9. The Labute approximate surface area is 192 Å². The van der Waals surface area contributed by atoms with E-state index in [1.54, 1.807) is 24.3 Å². The zero-order valence-electron chi connectivity index (χ0n) is 18.7. The highest BCUT2D eigenvalue weighted by atomic mass is 16.5. The molecule has 3 amide bonds. The molecule has 0 aromatic heterocycles. The number of imide groups is 1. The summed E-state index contributed by atoms with van der Waals surface area (Å²) in [5, 5.41) is 2.80. The lowest BCUT2D eigenvalue weighted by molar-refractivity contribution is -0.142. The topological polar surface area (TPSA) is 75.7 Å². The quantitative estimate of drug-likeness (QED) is 0.559. The molecule has 0 unspecified atom stereocenters. The minimum atomic E-state index is -0.371. The summed E-state index contributed by atoms with van der Waals surface area (Å²) in [5.74, 6) is 1.65. The van der Waals surface area contributed by atoms with Crippen LogP contribution in [0.25, 0.3) is 0 Å². The monoisotopic (exact) mass is 442 g/mol. The molecular weight excluding hydrogens is 416 g/mol. The van der Waals surface area contributed by atoms with E-state index in [0.717, 1.165) is 23.3 Å². The fourth-order valence-corrected chi connectivity index (χ4v) is 6.20. The molecule has 1 N–H and O–H groups in total. The van der Waals surface area contributed by atoms with E-state index in [0.29, 0.717) is 23.3 Å². The predicted octanol–water partition coefficient (Wildman–Crippen LogP) is 4.09. The van der Waals surface area contributed by atoms with Gasteiger partial charge in [-0.05, 0) is 79.3 Å². The number of hydrogen-bond donors (Lipinski definition) is 1. The summed E-state index contributed by atoms with van der Waals surface area (Å²) in [7, 11) is 0. The van der Waals surface area contributed by atoms with Gasteiger partial charge in [0.05, 0.1) is 11.8 Å². The van der Waals surface area contributed by atoms with Crippen molar-refractivity contribution in [2.75, 3.05) is 11.9 Å². The fraction of sp³-hybridized carbons (Fsp3) is 0.370. The number of anilines is 1. The summed E-state index contributed by atoms with van der Waals surface area (Å²) < 4.78 is 6.01. The van der Waals surface area contributed by atoms with Gasteiger partial charge in [-0.3, -0.25) is 19.3 Å². The van der Waals surface area contributed by atoms with Crippen LogP contribution in [0.5, 0.6) is 11.5 Å². The van der Waals surface area contributed by atoms with Gasteiger partial charge in [-0.25, -0.2) is 0 Å². The largest absolute Gasteiger partial charge is 0.457 e. The van der Waals surface area contributed by atoms with Crippen molar-refractivity contribution in [1.29, 1.82) is 0 Å². The Morgan fingerprint density at radius 1 is 0.939 bits per heavy atom. The molecular formula is C27H26N2O4. The van der Waals surface area contributed by atoms with Crippen molar-refractivity contribution < 1.29 is 19.1 Å². The van der Waals surface area contributed by atoms with Crippen LogP contribution in [-0.2, 0) is 14.4 Å². The van der Waals surface area contributed by atoms with Gasteiger partial charge in [0.2, 0.25) is 17.7 Å². The van der Waals surface area contributed by atoms with Crippen molar-refractivity contribution in [2.45, 2.75) is 20.3 Å². The fourth-order valence-electron chi connectivity index (χ4n) is 6.20. The van der Waals surface area contributed by atoms with E-state index in [2.05, 4.69) is 17.5 Å². The van der Waals surface area contributed by atoms with E-state index < -0.39 is 0 Å². The highest BCUT2D eigenvalue weighted by Crippen LogP contribution is 2.65. The molecule has 168 valence electrons. The minimum Gasteiger partial charge on any atom is -0.457 e. The number of benzene rings is 2. The molecule has 2 bridgehead atoms. The van der Waals surface area contributed by atoms with Crippen LogP contribution in [-0.4, -0.2) is 29.2 Å². The maximum atomic E-state index is 13.0. The van der Waals surface area contributed by atoms with E-state index in [4.69, 9.17) is 4.74 Å². The number of carbonyl (C=O) groups excluding carboxylic acids is 3. The van der Waals surface area contributed by atoms with Crippen molar-refractivity contribution >= 4 is 23.4 Å².